The molecule has 1 N–H and O–H groups in total. The molecule has 7 heteroatoms. The largest absolute Gasteiger partial charge is 0.467 e. The van der Waals surface area contributed by atoms with Crippen LogP contribution in [0.1, 0.15) is 23.5 Å². The van der Waals surface area contributed by atoms with Gasteiger partial charge in [-0.15, -0.1) is 0 Å². The van der Waals surface area contributed by atoms with Crippen LogP contribution in [0.2, 0.25) is 0 Å². The van der Waals surface area contributed by atoms with Crippen LogP contribution in [0.15, 0.2) is 83.8 Å². The van der Waals surface area contributed by atoms with Gasteiger partial charge in [-0.2, -0.15) is 0 Å². The number of rotatable bonds is 7. The first-order valence-electron chi connectivity index (χ1n) is 10.3. The number of sulfone groups is 1. The fourth-order valence-electron chi connectivity index (χ4n) is 4.10. The number of carbonyl (C=O) groups excluding carboxylic acids is 2. The summed E-state index contributed by atoms with van der Waals surface area (Å²) in [5.41, 5.74) is 3.66. The minimum atomic E-state index is -3.61. The van der Waals surface area contributed by atoms with Gasteiger partial charge in [-0.3, -0.25) is 4.79 Å². The molecule has 6 nitrogen and oxygen atoms in total. The second-order valence-electron chi connectivity index (χ2n) is 7.61. The van der Waals surface area contributed by atoms with Crippen molar-refractivity contribution < 1.29 is 22.7 Å². The molecule has 0 heterocycles. The highest BCUT2D eigenvalue weighted by Crippen LogP contribution is 2.44. The SMILES string of the molecule is COC(=O)[C@@H](CCS(=O)(=O)c1ccccc1)NC(=O)C1c2ccccc2-c2ccccc21. The molecule has 0 unspecified atom stereocenters. The van der Waals surface area contributed by atoms with Gasteiger partial charge in [0.15, 0.2) is 9.84 Å². The normalized spacial score (nSPS) is 13.7. The van der Waals surface area contributed by atoms with E-state index in [1.165, 1.54) is 19.2 Å². The number of carbonyl (C=O) groups is 2. The zero-order chi connectivity index (χ0) is 22.7. The quantitative estimate of drug-likeness (QED) is 0.559. The maximum atomic E-state index is 13.3. The molecule has 1 aliphatic carbocycles. The lowest BCUT2D eigenvalue weighted by molar-refractivity contribution is -0.145. The number of hydrogen-bond donors (Lipinski definition) is 1. The zero-order valence-corrected chi connectivity index (χ0v) is 18.3. The van der Waals surface area contributed by atoms with Gasteiger partial charge in [0.25, 0.3) is 0 Å². The summed E-state index contributed by atoms with van der Waals surface area (Å²) in [5.74, 6) is -1.93. The Kier molecular flexibility index (Phi) is 6.10. The molecule has 4 rings (SSSR count). The van der Waals surface area contributed by atoms with Crippen molar-refractivity contribution >= 4 is 21.7 Å². The predicted octanol–water partition coefficient (Wildman–Crippen LogP) is 3.32. The Bertz CT molecular complexity index is 1210. The Balaban J connectivity index is 1.56. The number of hydrogen-bond acceptors (Lipinski definition) is 5. The van der Waals surface area contributed by atoms with Gasteiger partial charge in [-0.05, 0) is 40.8 Å². The Morgan fingerprint density at radius 2 is 1.41 bits per heavy atom. The molecule has 0 spiro atoms. The summed E-state index contributed by atoms with van der Waals surface area (Å²) in [4.78, 5) is 25.9. The monoisotopic (exact) mass is 449 g/mol. The van der Waals surface area contributed by atoms with Crippen molar-refractivity contribution in [2.24, 2.45) is 0 Å². The molecule has 0 saturated carbocycles. The average Bonchev–Trinajstić information content (AvgIpc) is 3.16. The summed E-state index contributed by atoms with van der Waals surface area (Å²) in [6.45, 7) is 0. The van der Waals surface area contributed by atoms with Gasteiger partial charge in [0.2, 0.25) is 5.91 Å². The molecular weight excluding hydrogens is 426 g/mol. The van der Waals surface area contributed by atoms with E-state index in [0.29, 0.717) is 0 Å². The van der Waals surface area contributed by atoms with E-state index in [2.05, 4.69) is 5.32 Å². The van der Waals surface area contributed by atoms with Crippen LogP contribution >= 0.6 is 0 Å². The second-order valence-corrected chi connectivity index (χ2v) is 9.72. The van der Waals surface area contributed by atoms with Crippen LogP contribution in [0, 0.1) is 0 Å². The number of methoxy groups -OCH3 is 1. The number of fused-ring (bicyclic) bond motifs is 3. The van der Waals surface area contributed by atoms with Crippen LogP contribution in [-0.4, -0.2) is 39.2 Å². The molecule has 0 saturated heterocycles. The molecule has 0 aliphatic heterocycles. The van der Waals surface area contributed by atoms with Crippen molar-refractivity contribution in [2.75, 3.05) is 12.9 Å². The number of benzene rings is 3. The lowest BCUT2D eigenvalue weighted by Gasteiger charge is -2.20. The number of amides is 1. The highest BCUT2D eigenvalue weighted by atomic mass is 32.2. The molecule has 0 aromatic heterocycles. The number of esters is 1. The molecular formula is C25H23NO5S. The van der Waals surface area contributed by atoms with E-state index in [0.717, 1.165) is 22.3 Å². The van der Waals surface area contributed by atoms with E-state index in [-0.39, 0.29) is 23.0 Å². The maximum absolute atomic E-state index is 13.3. The second kappa shape index (κ2) is 8.96. The van der Waals surface area contributed by atoms with Gasteiger partial charge < -0.3 is 10.1 Å². The lowest BCUT2D eigenvalue weighted by Crippen LogP contribution is -2.44. The van der Waals surface area contributed by atoms with Crippen molar-refractivity contribution in [3.05, 3.63) is 90.0 Å². The van der Waals surface area contributed by atoms with E-state index < -0.39 is 27.8 Å². The molecule has 1 aliphatic rings. The Morgan fingerprint density at radius 3 is 1.97 bits per heavy atom. The Morgan fingerprint density at radius 1 is 0.875 bits per heavy atom. The third-order valence-corrected chi connectivity index (χ3v) is 7.44. The Labute approximate surface area is 187 Å². The van der Waals surface area contributed by atoms with Crippen LogP contribution in [0.4, 0.5) is 0 Å². The molecule has 164 valence electrons. The molecule has 1 atom stereocenters. The van der Waals surface area contributed by atoms with Gasteiger partial charge in [0.1, 0.15) is 6.04 Å². The first kappa shape index (κ1) is 21.8. The van der Waals surface area contributed by atoms with Crippen LogP contribution in [0.3, 0.4) is 0 Å². The summed E-state index contributed by atoms with van der Waals surface area (Å²) >= 11 is 0. The van der Waals surface area contributed by atoms with Gasteiger partial charge in [-0.1, -0.05) is 66.7 Å². The van der Waals surface area contributed by atoms with Crippen molar-refractivity contribution in [2.45, 2.75) is 23.3 Å². The van der Waals surface area contributed by atoms with E-state index in [4.69, 9.17) is 4.74 Å². The van der Waals surface area contributed by atoms with E-state index in [1.807, 2.05) is 48.5 Å². The van der Waals surface area contributed by atoms with Gasteiger partial charge >= 0.3 is 5.97 Å². The van der Waals surface area contributed by atoms with Crippen LogP contribution in [0.25, 0.3) is 11.1 Å². The first-order valence-corrected chi connectivity index (χ1v) is 11.9. The van der Waals surface area contributed by atoms with Gasteiger partial charge in [0.05, 0.1) is 23.7 Å². The van der Waals surface area contributed by atoms with Crippen LogP contribution in [0.5, 0.6) is 0 Å². The Hall–Kier alpha value is -3.45. The number of nitrogens with one attached hydrogen (secondary N) is 1. The summed E-state index contributed by atoms with van der Waals surface area (Å²) in [5, 5.41) is 2.74. The average molecular weight is 450 g/mol. The van der Waals surface area contributed by atoms with Crippen molar-refractivity contribution in [1.29, 1.82) is 0 Å². The summed E-state index contributed by atoms with van der Waals surface area (Å²) in [6.07, 6.45) is -0.0916. The summed E-state index contributed by atoms with van der Waals surface area (Å²) < 4.78 is 30.1. The van der Waals surface area contributed by atoms with E-state index in [9.17, 15) is 18.0 Å². The molecule has 0 radical (unpaired) electrons. The molecule has 0 fully saturated rings. The highest BCUT2D eigenvalue weighted by molar-refractivity contribution is 7.91. The predicted molar refractivity (Wildman–Crippen MR) is 121 cm³/mol. The maximum Gasteiger partial charge on any atom is 0.328 e. The molecule has 32 heavy (non-hydrogen) atoms. The third-order valence-electron chi connectivity index (χ3n) is 5.68. The van der Waals surface area contributed by atoms with E-state index in [1.54, 1.807) is 18.2 Å². The van der Waals surface area contributed by atoms with Gasteiger partial charge in [0, 0.05) is 0 Å². The first-order chi connectivity index (χ1) is 15.4. The molecule has 3 aromatic carbocycles. The van der Waals surface area contributed by atoms with Crippen molar-refractivity contribution in [3.63, 3.8) is 0 Å². The highest BCUT2D eigenvalue weighted by Gasteiger charge is 2.35. The standard InChI is InChI=1S/C25H23NO5S/c1-31-25(28)22(15-16-32(29,30)17-9-3-2-4-10-17)26-24(27)23-20-13-7-5-11-18(20)19-12-6-8-14-21(19)23/h2-14,22-23H,15-16H2,1H3,(H,26,27)/t22-/m1/s1. The minimum Gasteiger partial charge on any atom is -0.467 e. The smallest absolute Gasteiger partial charge is 0.328 e. The van der Waals surface area contributed by atoms with E-state index >= 15 is 0 Å². The third kappa shape index (κ3) is 4.16. The molecule has 1 amide bonds. The summed E-state index contributed by atoms with van der Waals surface area (Å²) in [7, 11) is -2.39. The van der Waals surface area contributed by atoms with Crippen molar-refractivity contribution in [1.82, 2.24) is 5.32 Å². The van der Waals surface area contributed by atoms with Crippen molar-refractivity contribution in [3.8, 4) is 11.1 Å². The molecule has 0 bridgehead atoms. The zero-order valence-electron chi connectivity index (χ0n) is 17.5. The molecule has 3 aromatic rings. The topological polar surface area (TPSA) is 89.5 Å². The fourth-order valence-corrected chi connectivity index (χ4v) is 5.46. The summed E-state index contributed by atoms with van der Waals surface area (Å²) in [6, 6.07) is 22.2. The fraction of sp³-hybridized carbons (Fsp3) is 0.200. The van der Waals surface area contributed by atoms with Gasteiger partial charge in [-0.25, -0.2) is 13.2 Å². The van der Waals surface area contributed by atoms with Crippen LogP contribution < -0.4 is 5.32 Å². The van der Waals surface area contributed by atoms with Crippen LogP contribution in [-0.2, 0) is 24.2 Å². The number of ether oxygens (including phenoxy) is 1. The lowest BCUT2D eigenvalue weighted by atomic mass is 9.95. The minimum absolute atomic E-state index is 0.0916.